The number of aliphatic hydroxyl groups excluding tert-OH is 1. The molecule has 14 heteroatoms. The molecule has 0 aromatic carbocycles. The van der Waals surface area contributed by atoms with Crippen molar-refractivity contribution in [2.24, 2.45) is 0 Å². The minimum atomic E-state index is -0.750. The lowest BCUT2D eigenvalue weighted by molar-refractivity contribution is -0.390. The quantitative estimate of drug-likeness (QED) is 0.287. The van der Waals surface area contributed by atoms with Gasteiger partial charge in [0.15, 0.2) is 0 Å². The summed E-state index contributed by atoms with van der Waals surface area (Å²) < 4.78 is 0.321. The fourth-order valence-corrected chi connectivity index (χ4v) is 1.38. The van der Waals surface area contributed by atoms with Crippen LogP contribution in [0, 0.1) is 20.2 Å². The summed E-state index contributed by atoms with van der Waals surface area (Å²) in [4.78, 5) is 25.4. The first kappa shape index (κ1) is 25.3. The molecule has 2 aromatic rings. The summed E-state index contributed by atoms with van der Waals surface area (Å²) in [5.41, 5.74) is 0. The molecule has 0 saturated heterocycles. The van der Waals surface area contributed by atoms with Gasteiger partial charge < -0.3 is 35.5 Å². The van der Waals surface area contributed by atoms with Crippen LogP contribution in [0.4, 0.5) is 11.6 Å². The van der Waals surface area contributed by atoms with Crippen LogP contribution in [0.1, 0.15) is 0 Å². The van der Waals surface area contributed by atoms with Crippen molar-refractivity contribution in [3.8, 4) is 11.5 Å². The maximum atomic E-state index is 10.1. The highest BCUT2D eigenvalue weighted by atomic mass is 80.9. The Bertz CT molecular complexity index is 690. The summed E-state index contributed by atoms with van der Waals surface area (Å²) >= 11 is 8.44. The Hall–Kier alpha value is -1.90. The summed E-state index contributed by atoms with van der Waals surface area (Å²) in [7, 11) is 1.00. The number of aromatic hydroxyl groups is 2. The van der Waals surface area contributed by atoms with Gasteiger partial charge in [0.2, 0.25) is 16.1 Å². The van der Waals surface area contributed by atoms with Crippen LogP contribution in [-0.4, -0.2) is 42.2 Å². The van der Waals surface area contributed by atoms with Crippen molar-refractivity contribution < 1.29 is 25.2 Å². The molecule has 0 aliphatic heterocycles. The van der Waals surface area contributed by atoms with Crippen LogP contribution in [0.2, 0.25) is 0 Å². The first-order valence-corrected chi connectivity index (χ1v) is 10.2. The number of halogens is 3. The lowest BCUT2D eigenvalue weighted by Gasteiger charge is -1.93. The summed E-state index contributed by atoms with van der Waals surface area (Å²) in [6.07, 6.45) is 1.25. The van der Waals surface area contributed by atoms with Gasteiger partial charge in [-0.05, 0) is 38.0 Å². The third-order valence-electron chi connectivity index (χ3n) is 1.93. The molecule has 2 aromatic heterocycles. The zero-order valence-electron chi connectivity index (χ0n) is 12.3. The number of aliphatic hydroxyl groups is 1. The van der Waals surface area contributed by atoms with Gasteiger partial charge in [-0.3, -0.25) is 0 Å². The number of nitrogens with zero attached hydrogens (tertiary/aromatic N) is 4. The molecule has 0 saturated carbocycles. The van der Waals surface area contributed by atoms with E-state index in [9.17, 15) is 20.2 Å². The zero-order valence-corrected chi connectivity index (χ0v) is 17.0. The molecule has 2 rings (SSSR count). The van der Waals surface area contributed by atoms with E-state index < -0.39 is 33.0 Å². The molecule has 2 heterocycles. The number of hydrogen-bond donors (Lipinski definition) is 3. The molecular weight excluding hydrogens is 540 g/mol. The second-order valence-electron chi connectivity index (χ2n) is 3.34. The van der Waals surface area contributed by atoms with E-state index in [1.165, 1.54) is 30.5 Å². The zero-order chi connectivity index (χ0) is 20.0. The minimum absolute atomic E-state index is 0.321. The molecule has 11 nitrogen and oxygen atoms in total. The Morgan fingerprint density at radius 1 is 0.960 bits per heavy atom. The van der Waals surface area contributed by atoms with E-state index >= 15 is 0 Å². The van der Waals surface area contributed by atoms with E-state index in [4.69, 9.17) is 15.3 Å². The van der Waals surface area contributed by atoms with Gasteiger partial charge in [0.1, 0.15) is 6.20 Å². The Labute approximate surface area is 164 Å². The maximum Gasteiger partial charge on any atom is 0.407 e. The average molecular weight is 551 g/mol. The lowest BCUT2D eigenvalue weighted by atomic mass is 10.4. The predicted molar refractivity (Wildman–Crippen MR) is 98.8 cm³/mol. The Morgan fingerprint density at radius 2 is 1.44 bits per heavy atom. The van der Waals surface area contributed by atoms with E-state index in [1.807, 2.05) is 0 Å². The van der Waals surface area contributed by atoms with Crippen molar-refractivity contribution in [2.45, 2.75) is 0 Å². The third-order valence-corrected chi connectivity index (χ3v) is 2.37. The van der Waals surface area contributed by atoms with Gasteiger partial charge in [-0.15, -0.1) is 0 Å². The third kappa shape index (κ3) is 9.85. The molecule has 0 aliphatic rings. The molecule has 138 valence electrons. The highest BCUT2D eigenvalue weighted by molar-refractivity contribution is 9.93. The maximum absolute atomic E-state index is 10.1. The van der Waals surface area contributed by atoms with Crippen LogP contribution in [0.15, 0.2) is 35.1 Å². The van der Waals surface area contributed by atoms with Crippen molar-refractivity contribution in [1.82, 2.24) is 9.97 Å². The Morgan fingerprint density at radius 3 is 1.80 bits per heavy atom. The van der Waals surface area contributed by atoms with Gasteiger partial charge in [0, 0.05) is 57.4 Å². The molecule has 0 spiro atoms. The molecule has 0 amide bonds. The van der Waals surface area contributed by atoms with Gasteiger partial charge in [-0.1, -0.05) is 0 Å². The van der Waals surface area contributed by atoms with Gasteiger partial charge >= 0.3 is 11.6 Å². The van der Waals surface area contributed by atoms with Crippen LogP contribution in [0.25, 0.3) is 0 Å². The number of rotatable bonds is 2. The number of hydrogen-bond acceptors (Lipinski definition) is 9. The number of aromatic nitrogens is 2. The summed E-state index contributed by atoms with van der Waals surface area (Å²) in [5.74, 6) is -1.90. The molecule has 3 N–H and O–H groups in total. The van der Waals surface area contributed by atoms with Crippen molar-refractivity contribution in [1.29, 1.82) is 0 Å². The summed E-state index contributed by atoms with van der Waals surface area (Å²) in [5, 5.41) is 44.8. The van der Waals surface area contributed by atoms with E-state index in [0.717, 1.165) is 7.11 Å². The second kappa shape index (κ2) is 14.4. The van der Waals surface area contributed by atoms with Crippen molar-refractivity contribution >= 4 is 55.8 Å². The Balaban J connectivity index is 0. The summed E-state index contributed by atoms with van der Waals surface area (Å²) in [6.45, 7) is 0. The number of pyridine rings is 2. The van der Waals surface area contributed by atoms with Gasteiger partial charge in [-0.25, -0.2) is 0 Å². The van der Waals surface area contributed by atoms with Gasteiger partial charge in [-0.2, -0.15) is 0 Å². The smallest absolute Gasteiger partial charge is 0.407 e. The lowest BCUT2D eigenvalue weighted by Crippen LogP contribution is -1.92. The van der Waals surface area contributed by atoms with Crippen LogP contribution < -0.4 is 0 Å². The second-order valence-corrected chi connectivity index (χ2v) is 4.15. The van der Waals surface area contributed by atoms with Gasteiger partial charge in [0.05, 0.1) is 0 Å². The first-order valence-electron chi connectivity index (χ1n) is 5.70. The topological polar surface area (TPSA) is 173 Å². The van der Waals surface area contributed by atoms with Crippen molar-refractivity contribution in [3.05, 3.63) is 55.3 Å². The molecular formula is C11H11Br3N4O7. The molecule has 0 radical (unpaired) electrons. The van der Waals surface area contributed by atoms with E-state index in [1.54, 1.807) is 0 Å². The van der Waals surface area contributed by atoms with E-state index in [2.05, 4.69) is 54.2 Å². The molecule has 0 bridgehead atoms. The average Bonchev–Trinajstić information content (AvgIpc) is 2.61. The molecule has 0 fully saturated rings. The first-order chi connectivity index (χ1) is 11.8. The van der Waals surface area contributed by atoms with Crippen LogP contribution in [-0.2, 0) is 0 Å². The monoisotopic (exact) mass is 548 g/mol. The van der Waals surface area contributed by atoms with E-state index in [-0.39, 0.29) is 0 Å². The predicted octanol–water partition coefficient (Wildman–Crippen LogP) is 3.45. The van der Waals surface area contributed by atoms with E-state index in [0.29, 0.717) is 4.60 Å². The highest BCUT2D eigenvalue weighted by Crippen LogP contribution is 2.24. The minimum Gasteiger partial charge on any atom is -0.501 e. The van der Waals surface area contributed by atoms with Crippen LogP contribution in [0.5, 0.6) is 11.5 Å². The SMILES string of the molecule is BrBr.CO.O=[N+]([O-])c1nc(Br)ccc1O.O=[N+]([O-])c1ncccc1O. The van der Waals surface area contributed by atoms with Crippen LogP contribution >= 0.6 is 44.2 Å². The molecule has 0 atom stereocenters. The normalized spacial score (nSPS) is 8.36. The molecule has 0 unspecified atom stereocenters. The Kier molecular flexibility index (Phi) is 14.6. The fraction of sp³-hybridized carbons (Fsp3) is 0.0909. The van der Waals surface area contributed by atoms with Gasteiger partial charge in [0.25, 0.3) is 0 Å². The van der Waals surface area contributed by atoms with Crippen LogP contribution in [0.3, 0.4) is 0 Å². The highest BCUT2D eigenvalue weighted by Gasteiger charge is 2.14. The number of nitro groups is 2. The fourth-order valence-electron chi connectivity index (χ4n) is 1.08. The molecule has 0 aliphatic carbocycles. The summed E-state index contributed by atoms with van der Waals surface area (Å²) in [6, 6.07) is 5.25. The largest absolute Gasteiger partial charge is 0.501 e. The molecule has 25 heavy (non-hydrogen) atoms. The van der Waals surface area contributed by atoms with Crippen molar-refractivity contribution in [3.63, 3.8) is 0 Å². The van der Waals surface area contributed by atoms with Crippen molar-refractivity contribution in [2.75, 3.05) is 7.11 Å². The standard InChI is InChI=1S/C5H3BrN2O3.C5H4N2O3.CH4O.Br2/c6-4-2-1-3(9)5(7-4)8(10)11;8-4-2-1-3-6-5(4)7(9)10;2*1-2/h1-2,9H;1-3,8H;2H,1H3;.